The standard InChI is InChI=1S/C18H28N2O8S/c1-10(21)13-12-7-11(8-29(25,26)6-5-19)14(20(12)15(13)22)16(23)27-9-28-17(24)18(2,3)4/h10,12-13,21H,5-9,19H2,1-4H3. The Hall–Kier alpha value is -1.98. The predicted octanol–water partition coefficient (Wildman–Crippen LogP) is -0.684. The van der Waals surface area contributed by atoms with Crippen molar-refractivity contribution in [1.29, 1.82) is 0 Å². The van der Waals surface area contributed by atoms with Gasteiger partial charge in [-0.15, -0.1) is 0 Å². The van der Waals surface area contributed by atoms with Crippen molar-refractivity contribution in [3.8, 4) is 0 Å². The minimum atomic E-state index is -3.59. The molecule has 1 saturated heterocycles. The molecule has 3 atom stereocenters. The van der Waals surface area contributed by atoms with Crippen LogP contribution in [0.5, 0.6) is 0 Å². The van der Waals surface area contributed by atoms with Crippen molar-refractivity contribution in [2.75, 3.05) is 24.8 Å². The Morgan fingerprint density at radius 2 is 1.93 bits per heavy atom. The van der Waals surface area contributed by atoms with Crippen molar-refractivity contribution in [3.05, 3.63) is 11.3 Å². The van der Waals surface area contributed by atoms with Gasteiger partial charge < -0.3 is 25.2 Å². The lowest BCUT2D eigenvalue weighted by molar-refractivity contribution is -0.175. The SMILES string of the molecule is CC(O)C1C(=O)N2C(C(=O)OCOC(=O)C(C)(C)C)=C(CS(=O)(=O)CCN)CC12. The summed E-state index contributed by atoms with van der Waals surface area (Å²) in [7, 11) is -3.59. The third kappa shape index (κ3) is 4.96. The number of carbonyl (C=O) groups is 3. The second kappa shape index (κ2) is 8.41. The molecule has 1 amide bonds. The van der Waals surface area contributed by atoms with Crippen LogP contribution in [0.4, 0.5) is 0 Å². The Kier molecular flexibility index (Phi) is 6.75. The highest BCUT2D eigenvalue weighted by molar-refractivity contribution is 7.91. The number of aliphatic hydroxyl groups excluding tert-OH is 1. The van der Waals surface area contributed by atoms with Gasteiger partial charge >= 0.3 is 11.9 Å². The fourth-order valence-electron chi connectivity index (χ4n) is 3.42. The summed E-state index contributed by atoms with van der Waals surface area (Å²) in [5, 5.41) is 9.82. The topological polar surface area (TPSA) is 153 Å². The van der Waals surface area contributed by atoms with Gasteiger partial charge in [-0.05, 0) is 39.7 Å². The molecule has 2 heterocycles. The summed E-state index contributed by atoms with van der Waals surface area (Å²) in [4.78, 5) is 38.0. The van der Waals surface area contributed by atoms with Gasteiger partial charge in [-0.2, -0.15) is 0 Å². The van der Waals surface area contributed by atoms with Crippen molar-refractivity contribution >= 4 is 27.7 Å². The second-order valence-corrected chi connectivity index (χ2v) is 10.5. The zero-order valence-electron chi connectivity index (χ0n) is 17.0. The first-order valence-electron chi connectivity index (χ1n) is 9.28. The van der Waals surface area contributed by atoms with Crippen molar-refractivity contribution in [1.82, 2.24) is 4.90 Å². The van der Waals surface area contributed by atoms with E-state index in [-0.39, 0.29) is 30.0 Å². The first-order valence-corrected chi connectivity index (χ1v) is 11.1. The first kappa shape index (κ1) is 23.3. The number of nitrogens with two attached hydrogens (primary N) is 1. The number of sulfone groups is 1. The maximum absolute atomic E-state index is 12.6. The van der Waals surface area contributed by atoms with Crippen LogP contribution in [0, 0.1) is 11.3 Å². The van der Waals surface area contributed by atoms with E-state index in [0.717, 1.165) is 0 Å². The number of β-lactam (4-membered cyclic amide) rings is 1. The third-order valence-electron chi connectivity index (χ3n) is 4.83. The minimum Gasteiger partial charge on any atom is -0.427 e. The van der Waals surface area contributed by atoms with Crippen molar-refractivity contribution in [3.63, 3.8) is 0 Å². The number of nitrogens with zero attached hydrogens (tertiary/aromatic N) is 1. The maximum atomic E-state index is 12.6. The van der Waals surface area contributed by atoms with E-state index >= 15 is 0 Å². The highest BCUT2D eigenvalue weighted by atomic mass is 32.2. The van der Waals surface area contributed by atoms with Gasteiger partial charge in [0.2, 0.25) is 12.7 Å². The number of rotatable bonds is 8. The summed E-state index contributed by atoms with van der Waals surface area (Å²) in [5.74, 6) is -3.43. The molecule has 0 aliphatic carbocycles. The zero-order valence-corrected chi connectivity index (χ0v) is 17.8. The molecule has 11 heteroatoms. The quantitative estimate of drug-likeness (QED) is 0.288. The normalized spacial score (nSPS) is 22.8. The molecular weight excluding hydrogens is 404 g/mol. The summed E-state index contributed by atoms with van der Waals surface area (Å²) in [6.07, 6.45) is -0.800. The summed E-state index contributed by atoms with van der Waals surface area (Å²) in [6.45, 7) is 5.64. The highest BCUT2D eigenvalue weighted by Crippen LogP contribution is 2.44. The lowest BCUT2D eigenvalue weighted by Crippen LogP contribution is -2.61. The van der Waals surface area contributed by atoms with E-state index in [1.54, 1.807) is 20.8 Å². The number of hydrogen-bond acceptors (Lipinski definition) is 9. The average Bonchev–Trinajstić information content (AvgIpc) is 2.86. The van der Waals surface area contributed by atoms with Gasteiger partial charge in [-0.3, -0.25) is 9.59 Å². The average molecular weight is 432 g/mol. The van der Waals surface area contributed by atoms with Crippen LogP contribution < -0.4 is 5.73 Å². The fraction of sp³-hybridized carbons (Fsp3) is 0.722. The van der Waals surface area contributed by atoms with Gasteiger partial charge in [-0.25, -0.2) is 13.2 Å². The zero-order chi connectivity index (χ0) is 22.1. The molecule has 0 bridgehead atoms. The summed E-state index contributed by atoms with van der Waals surface area (Å²) >= 11 is 0. The highest BCUT2D eigenvalue weighted by Gasteiger charge is 2.57. The molecule has 10 nitrogen and oxygen atoms in total. The molecule has 29 heavy (non-hydrogen) atoms. The molecule has 0 aromatic heterocycles. The number of aliphatic hydroxyl groups is 1. The lowest BCUT2D eigenvalue weighted by atomic mass is 9.83. The van der Waals surface area contributed by atoms with Crippen LogP contribution in [0.1, 0.15) is 34.1 Å². The predicted molar refractivity (Wildman–Crippen MR) is 102 cm³/mol. The molecule has 2 aliphatic heterocycles. The molecule has 1 fully saturated rings. The minimum absolute atomic E-state index is 0.0689. The van der Waals surface area contributed by atoms with E-state index in [2.05, 4.69) is 0 Å². The fourth-order valence-corrected chi connectivity index (χ4v) is 4.71. The smallest absolute Gasteiger partial charge is 0.357 e. The molecule has 0 aromatic carbocycles. The maximum Gasteiger partial charge on any atom is 0.357 e. The second-order valence-electron chi connectivity index (χ2n) is 8.31. The Morgan fingerprint density at radius 1 is 1.31 bits per heavy atom. The molecule has 3 unspecified atom stereocenters. The third-order valence-corrected chi connectivity index (χ3v) is 6.47. The van der Waals surface area contributed by atoms with E-state index in [4.69, 9.17) is 15.2 Å². The summed E-state index contributed by atoms with van der Waals surface area (Å²) in [6, 6.07) is -0.509. The van der Waals surface area contributed by atoms with Crippen LogP contribution >= 0.6 is 0 Å². The Bertz CT molecular complexity index is 825. The molecule has 0 saturated carbocycles. The van der Waals surface area contributed by atoms with Crippen molar-refractivity contribution in [2.45, 2.75) is 46.3 Å². The van der Waals surface area contributed by atoms with E-state index in [9.17, 15) is 27.9 Å². The lowest BCUT2D eigenvalue weighted by Gasteiger charge is -2.44. The molecule has 0 aromatic rings. The van der Waals surface area contributed by atoms with Gasteiger partial charge in [0.05, 0.1) is 35.0 Å². The summed E-state index contributed by atoms with van der Waals surface area (Å²) < 4.78 is 34.3. The Morgan fingerprint density at radius 3 is 2.45 bits per heavy atom. The summed E-state index contributed by atoms with van der Waals surface area (Å²) in [5.41, 5.74) is 4.61. The number of hydrogen-bond donors (Lipinski definition) is 2. The first-order chi connectivity index (χ1) is 13.3. The van der Waals surface area contributed by atoms with E-state index in [1.807, 2.05) is 0 Å². The van der Waals surface area contributed by atoms with Gasteiger partial charge in [0.15, 0.2) is 9.84 Å². The molecule has 2 aliphatic rings. The van der Waals surface area contributed by atoms with Gasteiger partial charge in [0.25, 0.3) is 0 Å². The van der Waals surface area contributed by atoms with Crippen LogP contribution in [0.25, 0.3) is 0 Å². The van der Waals surface area contributed by atoms with Crippen LogP contribution in [-0.4, -0.2) is 73.3 Å². The van der Waals surface area contributed by atoms with E-state index in [0.29, 0.717) is 0 Å². The van der Waals surface area contributed by atoms with Crippen LogP contribution in [0.2, 0.25) is 0 Å². The van der Waals surface area contributed by atoms with E-state index in [1.165, 1.54) is 11.8 Å². The largest absolute Gasteiger partial charge is 0.427 e. The Labute approximate surface area is 169 Å². The molecule has 164 valence electrons. The number of carbonyl (C=O) groups excluding carboxylic acids is 3. The van der Waals surface area contributed by atoms with Crippen LogP contribution in [-0.2, 0) is 33.7 Å². The molecule has 2 rings (SSSR count). The van der Waals surface area contributed by atoms with Crippen molar-refractivity contribution in [2.24, 2.45) is 17.1 Å². The molecule has 0 radical (unpaired) electrons. The number of fused-ring (bicyclic) bond motifs is 1. The van der Waals surface area contributed by atoms with Crippen molar-refractivity contribution < 1.29 is 37.4 Å². The monoisotopic (exact) mass is 432 g/mol. The van der Waals surface area contributed by atoms with Crippen LogP contribution in [0.15, 0.2) is 11.3 Å². The van der Waals surface area contributed by atoms with Gasteiger partial charge in [0.1, 0.15) is 5.70 Å². The number of amides is 1. The number of ether oxygens (including phenoxy) is 2. The van der Waals surface area contributed by atoms with Crippen LogP contribution in [0.3, 0.4) is 0 Å². The molecule has 3 N–H and O–H groups in total. The molecule has 0 spiro atoms. The van der Waals surface area contributed by atoms with Gasteiger partial charge in [0, 0.05) is 6.54 Å². The Balaban J connectivity index is 2.20. The molecular formula is C18H28N2O8S. The van der Waals surface area contributed by atoms with Gasteiger partial charge in [-0.1, -0.05) is 0 Å². The number of esters is 2. The van der Waals surface area contributed by atoms with E-state index < -0.39 is 63.7 Å².